The molecule has 2 aliphatic rings. The molecule has 0 unspecified atom stereocenters. The van der Waals surface area contributed by atoms with Crippen molar-refractivity contribution in [1.29, 1.82) is 0 Å². The third-order valence-electron chi connectivity index (χ3n) is 5.40. The monoisotopic (exact) mass is 438 g/mol. The van der Waals surface area contributed by atoms with E-state index >= 15 is 0 Å². The zero-order chi connectivity index (χ0) is 21.8. The van der Waals surface area contributed by atoms with Gasteiger partial charge in [-0.05, 0) is 49.2 Å². The summed E-state index contributed by atoms with van der Waals surface area (Å²) in [4.78, 5) is 51.7. The van der Waals surface area contributed by atoms with Gasteiger partial charge in [-0.15, -0.1) is 0 Å². The number of nitrogens with zero attached hydrogens (tertiary/aromatic N) is 2. The zero-order valence-corrected chi connectivity index (χ0v) is 17.7. The van der Waals surface area contributed by atoms with Crippen LogP contribution in [0.1, 0.15) is 23.2 Å². The molecule has 0 aliphatic carbocycles. The van der Waals surface area contributed by atoms with E-state index in [1.807, 2.05) is 30.3 Å². The van der Waals surface area contributed by atoms with Crippen molar-refractivity contribution in [2.45, 2.75) is 12.8 Å². The van der Waals surface area contributed by atoms with E-state index in [0.717, 1.165) is 22.4 Å². The van der Waals surface area contributed by atoms with Crippen LogP contribution in [0.4, 0.5) is 4.79 Å². The first kappa shape index (κ1) is 21.1. The summed E-state index contributed by atoms with van der Waals surface area (Å²) in [6.07, 6.45) is 1.40. The van der Waals surface area contributed by atoms with Gasteiger partial charge in [0.05, 0.1) is 5.75 Å². The Hall–Kier alpha value is -3.13. The molecule has 4 rings (SSSR count). The summed E-state index contributed by atoms with van der Waals surface area (Å²) in [5, 5.41) is -0.388. The molecule has 0 saturated carbocycles. The van der Waals surface area contributed by atoms with E-state index in [9.17, 15) is 19.2 Å². The lowest BCUT2D eigenvalue weighted by molar-refractivity contribution is -0.137. The molecule has 31 heavy (non-hydrogen) atoms. The van der Waals surface area contributed by atoms with Gasteiger partial charge in [0, 0.05) is 24.6 Å². The van der Waals surface area contributed by atoms with E-state index in [0.29, 0.717) is 37.2 Å². The molecule has 2 aliphatic heterocycles. The van der Waals surface area contributed by atoms with E-state index in [1.54, 1.807) is 29.2 Å². The average molecular weight is 439 g/mol. The molecule has 0 radical (unpaired) electrons. The third-order valence-corrected chi connectivity index (χ3v) is 6.26. The highest BCUT2D eigenvalue weighted by molar-refractivity contribution is 8.14. The summed E-state index contributed by atoms with van der Waals surface area (Å²) in [6.45, 7) is 0.566. The van der Waals surface area contributed by atoms with Crippen LogP contribution in [0.5, 0.6) is 11.5 Å². The van der Waals surface area contributed by atoms with Crippen LogP contribution in [0, 0.1) is 5.92 Å². The van der Waals surface area contributed by atoms with Crippen LogP contribution >= 0.6 is 11.8 Å². The Labute approximate surface area is 184 Å². The summed E-state index contributed by atoms with van der Waals surface area (Å²) >= 11 is 0.909. The van der Waals surface area contributed by atoms with Crippen molar-refractivity contribution in [3.8, 4) is 11.5 Å². The molecule has 2 aromatic carbocycles. The zero-order valence-electron chi connectivity index (χ0n) is 16.9. The van der Waals surface area contributed by atoms with Gasteiger partial charge in [-0.2, -0.15) is 0 Å². The fourth-order valence-corrected chi connectivity index (χ4v) is 4.46. The molecule has 7 nitrogen and oxygen atoms in total. The number of amides is 3. The molecular weight excluding hydrogens is 416 g/mol. The number of Topliss-reactive ketones (excluding diaryl/α,β-unsaturated/α-hetero) is 1. The summed E-state index contributed by atoms with van der Waals surface area (Å²) in [6, 6.07) is 16.4. The highest BCUT2D eigenvalue weighted by Crippen LogP contribution is 2.25. The Morgan fingerprint density at radius 1 is 1.00 bits per heavy atom. The topological polar surface area (TPSA) is 84.0 Å². The number of imide groups is 1. The number of rotatable bonds is 6. The lowest BCUT2D eigenvalue weighted by atomic mass is 9.90. The van der Waals surface area contributed by atoms with Crippen molar-refractivity contribution >= 4 is 34.6 Å². The molecule has 0 bridgehead atoms. The van der Waals surface area contributed by atoms with Gasteiger partial charge in [0.15, 0.2) is 5.78 Å². The van der Waals surface area contributed by atoms with Gasteiger partial charge in [0.2, 0.25) is 11.8 Å². The summed E-state index contributed by atoms with van der Waals surface area (Å²) in [5.74, 6) is 0.471. The van der Waals surface area contributed by atoms with Crippen molar-refractivity contribution in [2.24, 2.45) is 5.92 Å². The Bertz CT molecular complexity index is 977. The van der Waals surface area contributed by atoms with Gasteiger partial charge in [-0.3, -0.25) is 24.1 Å². The van der Waals surface area contributed by atoms with Crippen LogP contribution in [0.2, 0.25) is 0 Å². The molecule has 2 saturated heterocycles. The second-order valence-electron chi connectivity index (χ2n) is 7.52. The minimum absolute atomic E-state index is 0.0207. The molecule has 2 heterocycles. The molecule has 2 aromatic rings. The lowest BCUT2D eigenvalue weighted by Gasteiger charge is -2.32. The SMILES string of the molecule is O=C(c1ccc(Oc2ccccc2)cc1)[C@@H]1CCCN(C(=O)CN2C(=O)CSC2=O)C1. The van der Waals surface area contributed by atoms with E-state index < -0.39 is 0 Å². The second-order valence-corrected chi connectivity index (χ2v) is 8.44. The number of para-hydroxylation sites is 1. The van der Waals surface area contributed by atoms with Gasteiger partial charge in [-0.1, -0.05) is 30.0 Å². The summed E-state index contributed by atoms with van der Waals surface area (Å²) < 4.78 is 5.76. The van der Waals surface area contributed by atoms with Crippen LogP contribution in [0.3, 0.4) is 0 Å². The first-order valence-electron chi connectivity index (χ1n) is 10.1. The summed E-state index contributed by atoms with van der Waals surface area (Å²) in [7, 11) is 0. The van der Waals surface area contributed by atoms with Gasteiger partial charge in [-0.25, -0.2) is 0 Å². The Kier molecular flexibility index (Phi) is 6.36. The maximum atomic E-state index is 13.0. The normalized spacial score (nSPS) is 18.9. The van der Waals surface area contributed by atoms with Crippen molar-refractivity contribution < 1.29 is 23.9 Å². The van der Waals surface area contributed by atoms with E-state index in [-0.39, 0.29) is 41.1 Å². The largest absolute Gasteiger partial charge is 0.457 e. The minimum atomic E-state index is -0.388. The third kappa shape index (κ3) is 4.96. The molecule has 0 aromatic heterocycles. The summed E-state index contributed by atoms with van der Waals surface area (Å²) in [5.41, 5.74) is 0.570. The first-order chi connectivity index (χ1) is 15.0. The van der Waals surface area contributed by atoms with E-state index in [4.69, 9.17) is 4.74 Å². The number of carbonyl (C=O) groups is 4. The van der Waals surface area contributed by atoms with Crippen LogP contribution in [0.15, 0.2) is 54.6 Å². The maximum absolute atomic E-state index is 13.0. The molecular formula is C23H22N2O5S. The number of hydrogen-bond acceptors (Lipinski definition) is 6. The van der Waals surface area contributed by atoms with Crippen molar-refractivity contribution in [2.75, 3.05) is 25.4 Å². The maximum Gasteiger partial charge on any atom is 0.289 e. The fourth-order valence-electron chi connectivity index (χ4n) is 3.73. The Morgan fingerprint density at radius 2 is 1.71 bits per heavy atom. The number of ketones is 1. The van der Waals surface area contributed by atoms with Crippen molar-refractivity contribution in [3.05, 3.63) is 60.2 Å². The van der Waals surface area contributed by atoms with Gasteiger partial charge in [0.1, 0.15) is 18.0 Å². The number of likely N-dealkylation sites (tertiary alicyclic amines) is 1. The van der Waals surface area contributed by atoms with Crippen molar-refractivity contribution in [3.63, 3.8) is 0 Å². The predicted molar refractivity (Wildman–Crippen MR) is 116 cm³/mol. The molecule has 1 atom stereocenters. The van der Waals surface area contributed by atoms with Gasteiger partial charge >= 0.3 is 0 Å². The van der Waals surface area contributed by atoms with Crippen LogP contribution in [0.25, 0.3) is 0 Å². The number of benzene rings is 2. The number of hydrogen-bond donors (Lipinski definition) is 0. The number of carbonyl (C=O) groups excluding carboxylic acids is 4. The van der Waals surface area contributed by atoms with Crippen LogP contribution in [-0.4, -0.2) is 58.0 Å². The standard InChI is InChI=1S/C23H22N2O5S/c26-20(14-25-21(27)15-31-23(25)29)24-12-4-5-17(13-24)22(28)16-8-10-19(11-9-16)30-18-6-2-1-3-7-18/h1-3,6-11,17H,4-5,12-15H2/t17-/m1/s1. The molecule has 0 spiro atoms. The van der Waals surface area contributed by atoms with E-state index in [1.165, 1.54) is 0 Å². The fraction of sp³-hybridized carbons (Fsp3) is 0.304. The second kappa shape index (κ2) is 9.34. The molecule has 8 heteroatoms. The number of piperidine rings is 1. The van der Waals surface area contributed by atoms with Crippen LogP contribution < -0.4 is 4.74 Å². The molecule has 0 N–H and O–H groups in total. The van der Waals surface area contributed by atoms with Crippen molar-refractivity contribution in [1.82, 2.24) is 9.80 Å². The van der Waals surface area contributed by atoms with Gasteiger partial charge in [0.25, 0.3) is 5.24 Å². The van der Waals surface area contributed by atoms with E-state index in [2.05, 4.69) is 0 Å². The minimum Gasteiger partial charge on any atom is -0.457 e. The lowest BCUT2D eigenvalue weighted by Crippen LogP contribution is -2.47. The molecule has 160 valence electrons. The van der Waals surface area contributed by atoms with Gasteiger partial charge < -0.3 is 9.64 Å². The predicted octanol–water partition coefficient (Wildman–Crippen LogP) is 3.60. The average Bonchev–Trinajstić information content (AvgIpc) is 3.12. The first-order valence-corrected chi connectivity index (χ1v) is 11.1. The number of thioether (sulfide) groups is 1. The van der Waals surface area contributed by atoms with Crippen LogP contribution in [-0.2, 0) is 9.59 Å². The Morgan fingerprint density at radius 3 is 2.39 bits per heavy atom. The quantitative estimate of drug-likeness (QED) is 0.641. The smallest absolute Gasteiger partial charge is 0.289 e. The number of ether oxygens (including phenoxy) is 1. The highest BCUT2D eigenvalue weighted by Gasteiger charge is 2.35. The highest BCUT2D eigenvalue weighted by atomic mass is 32.2. The molecule has 3 amide bonds. The molecule has 2 fully saturated rings. The Balaban J connectivity index is 1.36.